The van der Waals surface area contributed by atoms with Gasteiger partial charge in [0.1, 0.15) is 5.76 Å². The summed E-state index contributed by atoms with van der Waals surface area (Å²) in [7, 11) is 1.74. The Kier molecular flexibility index (Phi) is 2.09. The summed E-state index contributed by atoms with van der Waals surface area (Å²) in [6.07, 6.45) is 7.68. The number of ether oxygens (including phenoxy) is 1. The van der Waals surface area contributed by atoms with Crippen molar-refractivity contribution in [3.05, 3.63) is 33.5 Å². The molecule has 0 radical (unpaired) electrons. The van der Waals surface area contributed by atoms with Crippen molar-refractivity contribution in [3.63, 3.8) is 0 Å². The Labute approximate surface area is 80.9 Å². The molecule has 0 aliphatic heterocycles. The summed E-state index contributed by atoms with van der Waals surface area (Å²) >= 11 is 3.54. The first-order valence-corrected chi connectivity index (χ1v) is 4.94. The topological polar surface area (TPSA) is 9.23 Å². The third-order valence-corrected chi connectivity index (χ3v) is 3.12. The van der Waals surface area contributed by atoms with E-state index in [0.717, 1.165) is 25.0 Å². The molecule has 0 unspecified atom stereocenters. The van der Waals surface area contributed by atoms with Crippen LogP contribution in [-0.2, 0) is 4.74 Å². The van der Waals surface area contributed by atoms with E-state index < -0.39 is 0 Å². The zero-order valence-corrected chi connectivity index (χ0v) is 8.65. The normalized spacial score (nSPS) is 21.8. The molecule has 0 N–H and O–H groups in total. The van der Waals surface area contributed by atoms with E-state index in [2.05, 4.69) is 28.1 Å². The van der Waals surface area contributed by atoms with Gasteiger partial charge in [0.15, 0.2) is 0 Å². The second-order valence-electron chi connectivity index (χ2n) is 3.05. The van der Waals surface area contributed by atoms with Crippen LogP contribution in [0.1, 0.15) is 19.3 Å². The van der Waals surface area contributed by atoms with E-state index in [9.17, 15) is 0 Å². The molecule has 64 valence electrons. The first kappa shape index (κ1) is 8.11. The molecule has 0 saturated carbocycles. The van der Waals surface area contributed by atoms with Gasteiger partial charge in [0.05, 0.1) is 7.11 Å². The van der Waals surface area contributed by atoms with Crippen molar-refractivity contribution in [1.29, 1.82) is 0 Å². The summed E-state index contributed by atoms with van der Waals surface area (Å²) in [5.41, 5.74) is 2.82. The van der Waals surface area contributed by atoms with Gasteiger partial charge in [-0.25, -0.2) is 0 Å². The summed E-state index contributed by atoms with van der Waals surface area (Å²) in [5, 5.41) is 0. The second kappa shape index (κ2) is 3.09. The van der Waals surface area contributed by atoms with Crippen LogP contribution in [0.3, 0.4) is 0 Å². The van der Waals surface area contributed by atoms with Crippen LogP contribution in [0.25, 0.3) is 0 Å². The smallest absolute Gasteiger partial charge is 0.132 e. The Bertz CT molecular complexity index is 297. The summed E-state index contributed by atoms with van der Waals surface area (Å²) in [5.74, 6) is 1.06. The molecule has 0 aromatic carbocycles. The Morgan fingerprint density at radius 1 is 1.42 bits per heavy atom. The van der Waals surface area contributed by atoms with Crippen molar-refractivity contribution in [1.82, 2.24) is 0 Å². The standard InChI is InChI=1S/C10H11BrO/c1-12-10-8-4-2-3-7(8)5-6-9(10)11/h2-3H,4-6H2,1H3. The minimum Gasteiger partial charge on any atom is -0.496 e. The minimum atomic E-state index is 1.04. The highest BCUT2D eigenvalue weighted by atomic mass is 79.9. The average Bonchev–Trinajstić information content (AvgIpc) is 2.52. The highest BCUT2D eigenvalue weighted by Gasteiger charge is 2.21. The number of allylic oxidation sites excluding steroid dienone is 5. The molecule has 0 bridgehead atoms. The Morgan fingerprint density at radius 3 is 3.00 bits per heavy atom. The van der Waals surface area contributed by atoms with Crippen LogP contribution >= 0.6 is 15.9 Å². The molecule has 2 aliphatic carbocycles. The lowest BCUT2D eigenvalue weighted by molar-refractivity contribution is 0.294. The maximum atomic E-state index is 5.35. The first-order valence-electron chi connectivity index (χ1n) is 4.14. The molecule has 0 fully saturated rings. The van der Waals surface area contributed by atoms with Crippen LogP contribution in [0.15, 0.2) is 33.5 Å². The number of halogens is 1. The van der Waals surface area contributed by atoms with Crippen LogP contribution < -0.4 is 0 Å². The van der Waals surface area contributed by atoms with Gasteiger partial charge in [0.25, 0.3) is 0 Å². The van der Waals surface area contributed by atoms with Crippen LogP contribution in [0.4, 0.5) is 0 Å². The SMILES string of the molecule is COC1=C(Br)CCC2=C1CC=C2. The van der Waals surface area contributed by atoms with E-state index in [1.165, 1.54) is 15.6 Å². The lowest BCUT2D eigenvalue weighted by Crippen LogP contribution is -2.01. The number of methoxy groups -OCH3 is 1. The molecule has 1 nitrogen and oxygen atoms in total. The molecular weight excluding hydrogens is 216 g/mol. The van der Waals surface area contributed by atoms with Gasteiger partial charge < -0.3 is 4.74 Å². The Balaban J connectivity index is 2.39. The lowest BCUT2D eigenvalue weighted by atomic mass is 9.98. The Hall–Kier alpha value is -0.500. The van der Waals surface area contributed by atoms with Crippen LogP contribution in [0.5, 0.6) is 0 Å². The fourth-order valence-electron chi connectivity index (χ4n) is 1.78. The minimum absolute atomic E-state index is 1.04. The molecule has 0 amide bonds. The monoisotopic (exact) mass is 226 g/mol. The molecule has 0 heterocycles. The molecule has 12 heavy (non-hydrogen) atoms. The third kappa shape index (κ3) is 1.14. The van der Waals surface area contributed by atoms with E-state index in [0.29, 0.717) is 0 Å². The lowest BCUT2D eigenvalue weighted by Gasteiger charge is -2.18. The third-order valence-electron chi connectivity index (χ3n) is 2.37. The van der Waals surface area contributed by atoms with E-state index in [1.54, 1.807) is 7.11 Å². The van der Waals surface area contributed by atoms with Gasteiger partial charge in [-0.1, -0.05) is 28.1 Å². The molecule has 0 spiro atoms. The molecule has 0 aromatic heterocycles. The first-order chi connectivity index (χ1) is 5.83. The molecule has 0 aromatic rings. The van der Waals surface area contributed by atoms with Gasteiger partial charge in [-0.3, -0.25) is 0 Å². The summed E-state index contributed by atoms with van der Waals surface area (Å²) in [4.78, 5) is 0. The summed E-state index contributed by atoms with van der Waals surface area (Å²) in [6, 6.07) is 0. The van der Waals surface area contributed by atoms with E-state index in [4.69, 9.17) is 4.74 Å². The van der Waals surface area contributed by atoms with E-state index in [-0.39, 0.29) is 0 Å². The van der Waals surface area contributed by atoms with Gasteiger partial charge in [-0.05, 0) is 24.8 Å². The highest BCUT2D eigenvalue weighted by Crippen LogP contribution is 2.38. The zero-order chi connectivity index (χ0) is 8.55. The van der Waals surface area contributed by atoms with E-state index in [1.807, 2.05) is 0 Å². The predicted molar refractivity (Wildman–Crippen MR) is 53.0 cm³/mol. The Morgan fingerprint density at radius 2 is 2.25 bits per heavy atom. The average molecular weight is 227 g/mol. The maximum absolute atomic E-state index is 5.35. The second-order valence-corrected chi connectivity index (χ2v) is 4.01. The molecule has 2 aliphatic rings. The van der Waals surface area contributed by atoms with Gasteiger partial charge in [0, 0.05) is 10.1 Å². The molecule has 0 atom stereocenters. The fourth-order valence-corrected chi connectivity index (χ4v) is 2.38. The maximum Gasteiger partial charge on any atom is 0.132 e. The molecule has 0 saturated heterocycles. The summed E-state index contributed by atoms with van der Waals surface area (Å²) < 4.78 is 6.57. The van der Waals surface area contributed by atoms with Gasteiger partial charge in [-0.2, -0.15) is 0 Å². The van der Waals surface area contributed by atoms with Crippen LogP contribution in [-0.4, -0.2) is 7.11 Å². The van der Waals surface area contributed by atoms with E-state index >= 15 is 0 Å². The molecule has 2 rings (SSSR count). The van der Waals surface area contributed by atoms with Crippen molar-refractivity contribution < 1.29 is 4.74 Å². The zero-order valence-electron chi connectivity index (χ0n) is 7.06. The molecule has 2 heteroatoms. The molecular formula is C10H11BrO. The summed E-state index contributed by atoms with van der Waals surface area (Å²) in [6.45, 7) is 0. The van der Waals surface area contributed by atoms with Crippen molar-refractivity contribution in [2.75, 3.05) is 7.11 Å². The number of hydrogen-bond donors (Lipinski definition) is 0. The van der Waals surface area contributed by atoms with Gasteiger partial charge in [0.2, 0.25) is 0 Å². The fraction of sp³-hybridized carbons (Fsp3) is 0.400. The van der Waals surface area contributed by atoms with Crippen LogP contribution in [0.2, 0.25) is 0 Å². The highest BCUT2D eigenvalue weighted by molar-refractivity contribution is 9.11. The van der Waals surface area contributed by atoms with Crippen molar-refractivity contribution in [2.24, 2.45) is 0 Å². The van der Waals surface area contributed by atoms with Gasteiger partial charge >= 0.3 is 0 Å². The number of rotatable bonds is 1. The quantitative estimate of drug-likeness (QED) is 0.667. The van der Waals surface area contributed by atoms with Crippen molar-refractivity contribution in [3.8, 4) is 0 Å². The van der Waals surface area contributed by atoms with Crippen LogP contribution in [0, 0.1) is 0 Å². The predicted octanol–water partition coefficient (Wildman–Crippen LogP) is 3.29. The van der Waals surface area contributed by atoms with Crippen molar-refractivity contribution in [2.45, 2.75) is 19.3 Å². The largest absolute Gasteiger partial charge is 0.496 e. The van der Waals surface area contributed by atoms with Crippen molar-refractivity contribution >= 4 is 15.9 Å². The van der Waals surface area contributed by atoms with Gasteiger partial charge in [-0.15, -0.1) is 0 Å². The number of hydrogen-bond acceptors (Lipinski definition) is 1.